The zero-order valence-corrected chi connectivity index (χ0v) is 16.8. The van der Waals surface area contributed by atoms with Gasteiger partial charge in [-0.3, -0.25) is 0 Å². The molecule has 8 heteroatoms. The molecule has 120 valence electrons. The van der Waals surface area contributed by atoms with Crippen LogP contribution in [0.15, 0.2) is 41.7 Å². The van der Waals surface area contributed by atoms with Crippen LogP contribution in [-0.2, 0) is 21.1 Å². The van der Waals surface area contributed by atoms with Crippen molar-refractivity contribution < 1.29 is 25.8 Å². The van der Waals surface area contributed by atoms with Gasteiger partial charge in [-0.25, -0.2) is 4.98 Å². The van der Waals surface area contributed by atoms with Crippen molar-refractivity contribution in [3.63, 3.8) is 0 Å². The molecule has 0 spiro atoms. The molecule has 0 fully saturated rings. The molecule has 3 rings (SSSR count). The molecule has 0 saturated heterocycles. The first-order valence-corrected chi connectivity index (χ1v) is 8.18. The third-order valence-corrected chi connectivity index (χ3v) is 3.46. The number of nitrogens with zero attached hydrogens (tertiary/aromatic N) is 4. The maximum absolute atomic E-state index is 5.83. The van der Waals surface area contributed by atoms with Gasteiger partial charge in [-0.2, -0.15) is 14.6 Å². The van der Waals surface area contributed by atoms with Crippen LogP contribution >= 0.6 is 11.8 Å². The second-order valence-corrected chi connectivity index (χ2v) is 5.70. The van der Waals surface area contributed by atoms with Gasteiger partial charge in [0.15, 0.2) is 10.8 Å². The number of nitrogens with one attached hydrogen (secondary N) is 1. The fourth-order valence-electron chi connectivity index (χ4n) is 2.02. The fraction of sp³-hybridized carbons (Fsp3) is 0.267. The first-order chi connectivity index (χ1) is 10.7. The second kappa shape index (κ2) is 7.79. The minimum atomic E-state index is 0. The summed E-state index contributed by atoms with van der Waals surface area (Å²) in [7, 11) is 0. The predicted molar refractivity (Wildman–Crippen MR) is 88.1 cm³/mol. The summed E-state index contributed by atoms with van der Waals surface area (Å²) in [5.41, 5.74) is 1.60. The molecule has 2 heterocycles. The third kappa shape index (κ3) is 4.03. The van der Waals surface area contributed by atoms with E-state index in [2.05, 4.69) is 20.4 Å². The smallest absolute Gasteiger partial charge is 0.233 e. The molecule has 0 unspecified atom stereocenters. The van der Waals surface area contributed by atoms with Gasteiger partial charge in [0.05, 0.1) is 18.0 Å². The zero-order valence-electron chi connectivity index (χ0n) is 13.1. The summed E-state index contributed by atoms with van der Waals surface area (Å²) in [5, 5.41) is 8.25. The van der Waals surface area contributed by atoms with Crippen LogP contribution in [0.3, 0.4) is 0 Å². The number of fused-ring (bicyclic) bond motifs is 1. The first kappa shape index (κ1) is 17.8. The summed E-state index contributed by atoms with van der Waals surface area (Å²) in [4.78, 5) is 8.90. The summed E-state index contributed by atoms with van der Waals surface area (Å²) in [5.74, 6) is 1.39. The molecule has 0 atom stereocenters. The van der Waals surface area contributed by atoms with E-state index in [1.165, 1.54) is 11.8 Å². The van der Waals surface area contributed by atoms with E-state index < -0.39 is 0 Å². The first-order valence-electron chi connectivity index (χ1n) is 6.96. The molecule has 1 aromatic carbocycles. The van der Waals surface area contributed by atoms with Crippen molar-refractivity contribution in [2.75, 3.05) is 11.6 Å². The van der Waals surface area contributed by atoms with Crippen LogP contribution in [0.25, 0.3) is 5.65 Å². The van der Waals surface area contributed by atoms with Gasteiger partial charge in [-0.1, -0.05) is 23.9 Å². The van der Waals surface area contributed by atoms with E-state index in [0.717, 1.165) is 17.1 Å². The van der Waals surface area contributed by atoms with Crippen molar-refractivity contribution in [3.8, 4) is 5.75 Å². The average Bonchev–Trinajstić information content (AvgIpc) is 2.97. The minimum absolute atomic E-state index is 0. The number of thioether (sulfide) groups is 1. The Morgan fingerprint density at radius 2 is 1.96 bits per heavy atom. The van der Waals surface area contributed by atoms with E-state index in [1.54, 1.807) is 10.7 Å². The number of hydrogen-bond acceptors (Lipinski definition) is 6. The number of aromatic nitrogens is 4. The molecule has 0 aliphatic carbocycles. The predicted octanol–water partition coefficient (Wildman–Crippen LogP) is 3.37. The number of rotatable bonds is 5. The van der Waals surface area contributed by atoms with E-state index in [9.17, 15) is 0 Å². The number of benzene rings is 1. The largest absolute Gasteiger partial charge is 0.489 e. The van der Waals surface area contributed by atoms with Gasteiger partial charge in [0.1, 0.15) is 5.75 Å². The fourth-order valence-corrected chi connectivity index (χ4v) is 2.39. The molecule has 23 heavy (non-hydrogen) atoms. The summed E-state index contributed by atoms with van der Waals surface area (Å²) < 4.78 is 7.50. The van der Waals surface area contributed by atoms with Crippen LogP contribution < -0.4 is 10.1 Å². The third-order valence-electron chi connectivity index (χ3n) is 2.91. The summed E-state index contributed by atoms with van der Waals surface area (Å²) in [6.07, 6.45) is 3.75. The van der Waals surface area contributed by atoms with E-state index in [4.69, 9.17) is 4.74 Å². The van der Waals surface area contributed by atoms with Gasteiger partial charge in [0.25, 0.3) is 0 Å². The zero-order chi connectivity index (χ0) is 15.5. The summed E-state index contributed by atoms with van der Waals surface area (Å²) in [6.45, 7) is 4.00. The van der Waals surface area contributed by atoms with Crippen molar-refractivity contribution in [1.29, 1.82) is 0 Å². The van der Waals surface area contributed by atoms with E-state index >= 15 is 0 Å². The Hall–Kier alpha value is -1.59. The quantitative estimate of drug-likeness (QED) is 0.544. The Kier molecular flexibility index (Phi) is 6.02. The van der Waals surface area contributed by atoms with E-state index in [1.807, 2.05) is 50.4 Å². The molecule has 0 aliphatic heterocycles. The molecule has 0 aliphatic rings. The Labute approximate surface area is 153 Å². The summed E-state index contributed by atoms with van der Waals surface area (Å²) in [6, 6.07) is 9.63. The number of hydrogen-bond donors (Lipinski definition) is 1. The SMILES string of the molecule is CSc1nc(Nc2ccccc2OC(C)C)n2nccc2n1.[W]. The van der Waals surface area contributed by atoms with E-state index in [0.29, 0.717) is 11.1 Å². The van der Waals surface area contributed by atoms with Gasteiger partial charge < -0.3 is 10.1 Å². The second-order valence-electron chi connectivity index (χ2n) is 4.92. The van der Waals surface area contributed by atoms with Crippen molar-refractivity contribution in [1.82, 2.24) is 19.6 Å². The van der Waals surface area contributed by atoms with Gasteiger partial charge in [-0.05, 0) is 32.2 Å². The van der Waals surface area contributed by atoms with Gasteiger partial charge in [0, 0.05) is 27.1 Å². The van der Waals surface area contributed by atoms with Crippen molar-refractivity contribution in [3.05, 3.63) is 36.5 Å². The number of ether oxygens (including phenoxy) is 1. The standard InChI is InChI=1S/C15H17N5OS.W/c1-10(2)21-12-7-5-4-6-11(12)17-14-19-15(22-3)18-13-8-9-16-20(13)14;/h4-10H,1-3H3,(H,17,18,19);. The molecule has 3 aromatic rings. The van der Waals surface area contributed by atoms with E-state index in [-0.39, 0.29) is 27.2 Å². The van der Waals surface area contributed by atoms with Crippen LogP contribution in [0, 0.1) is 0 Å². The molecule has 0 bridgehead atoms. The van der Waals surface area contributed by atoms with Crippen LogP contribution in [0.1, 0.15) is 13.8 Å². The van der Waals surface area contributed by atoms with Gasteiger partial charge in [-0.15, -0.1) is 0 Å². The average molecular weight is 499 g/mol. The van der Waals surface area contributed by atoms with Crippen LogP contribution in [-0.4, -0.2) is 31.9 Å². The van der Waals surface area contributed by atoms with Crippen molar-refractivity contribution >= 4 is 29.0 Å². The molecule has 1 N–H and O–H groups in total. The molecule has 0 saturated carbocycles. The number of anilines is 2. The maximum Gasteiger partial charge on any atom is 0.233 e. The van der Waals surface area contributed by atoms with Crippen LogP contribution in [0.4, 0.5) is 11.6 Å². The Bertz CT molecular complexity index is 792. The molecule has 6 nitrogen and oxygen atoms in total. The Morgan fingerprint density at radius 1 is 1.17 bits per heavy atom. The number of para-hydroxylation sites is 2. The minimum Gasteiger partial charge on any atom is -0.489 e. The monoisotopic (exact) mass is 499 g/mol. The molecular formula is C15H17N5OSW. The van der Waals surface area contributed by atoms with Gasteiger partial charge >= 0.3 is 0 Å². The van der Waals surface area contributed by atoms with Crippen LogP contribution in [0.2, 0.25) is 0 Å². The molecule has 0 amide bonds. The summed E-state index contributed by atoms with van der Waals surface area (Å²) >= 11 is 1.49. The van der Waals surface area contributed by atoms with Gasteiger partial charge in [0.2, 0.25) is 5.95 Å². The topological polar surface area (TPSA) is 64.3 Å². The molecular weight excluding hydrogens is 482 g/mol. The van der Waals surface area contributed by atoms with Crippen molar-refractivity contribution in [2.45, 2.75) is 25.1 Å². The van der Waals surface area contributed by atoms with Crippen LogP contribution in [0.5, 0.6) is 5.75 Å². The maximum atomic E-state index is 5.83. The van der Waals surface area contributed by atoms with Crippen molar-refractivity contribution in [2.24, 2.45) is 0 Å². The Balaban J connectivity index is 0.00000192. The Morgan fingerprint density at radius 3 is 2.70 bits per heavy atom. The normalized spacial score (nSPS) is 10.6. The molecule has 0 radical (unpaired) electrons. The molecule has 2 aromatic heterocycles.